The fourth-order valence-electron chi connectivity index (χ4n) is 0.0299. The van der Waals surface area contributed by atoms with E-state index in [1.807, 2.05) is 0 Å². The Labute approximate surface area is 48.1 Å². The van der Waals surface area contributed by atoms with Gasteiger partial charge in [0.15, 0.2) is 0 Å². The van der Waals surface area contributed by atoms with Crippen molar-refractivity contribution < 1.29 is 8.78 Å². The van der Waals surface area contributed by atoms with Crippen LogP contribution in [-0.2, 0) is 0 Å². The van der Waals surface area contributed by atoms with Gasteiger partial charge in [-0.2, -0.15) is 14.0 Å². The Morgan fingerprint density at radius 2 is 2.14 bits per heavy atom. The molecule has 0 spiro atoms. The molecular formula is C3H2BrF2N. The van der Waals surface area contributed by atoms with Gasteiger partial charge < -0.3 is 0 Å². The highest BCUT2D eigenvalue weighted by Gasteiger charge is 2.25. The third kappa shape index (κ3) is 2.52. The molecule has 0 aliphatic carbocycles. The molecule has 40 valence electrons. The standard InChI is InChI=1S/C3H2BrF2N/c4-1-3(5,6)2-7/h1H2. The maximum Gasteiger partial charge on any atom is 0.341 e. The summed E-state index contributed by atoms with van der Waals surface area (Å²) in [5.41, 5.74) is 0. The Bertz CT molecular complexity index is 95.6. The Morgan fingerprint density at radius 3 is 2.14 bits per heavy atom. The van der Waals surface area contributed by atoms with Gasteiger partial charge in [0.05, 0.1) is 5.33 Å². The lowest BCUT2D eigenvalue weighted by Crippen LogP contribution is -2.13. The summed E-state index contributed by atoms with van der Waals surface area (Å²) in [5.74, 6) is -3.19. The highest BCUT2D eigenvalue weighted by Crippen LogP contribution is 2.13. The van der Waals surface area contributed by atoms with E-state index in [0.29, 0.717) is 0 Å². The van der Waals surface area contributed by atoms with E-state index in [9.17, 15) is 8.78 Å². The van der Waals surface area contributed by atoms with Crippen molar-refractivity contribution in [3.63, 3.8) is 0 Å². The Kier molecular flexibility index (Phi) is 2.16. The van der Waals surface area contributed by atoms with Gasteiger partial charge in [-0.15, -0.1) is 0 Å². The van der Waals surface area contributed by atoms with Crippen LogP contribution in [0.1, 0.15) is 0 Å². The van der Waals surface area contributed by atoms with Crippen molar-refractivity contribution in [3.8, 4) is 6.07 Å². The van der Waals surface area contributed by atoms with Crippen molar-refractivity contribution in [3.05, 3.63) is 0 Å². The molecule has 4 heteroatoms. The molecule has 0 saturated heterocycles. The molecule has 0 aromatic carbocycles. The molecule has 0 radical (unpaired) electrons. The predicted molar refractivity (Wildman–Crippen MR) is 24.4 cm³/mol. The molecular weight excluding hydrogens is 168 g/mol. The molecule has 0 fully saturated rings. The lowest BCUT2D eigenvalue weighted by Gasteiger charge is -1.96. The summed E-state index contributed by atoms with van der Waals surface area (Å²) in [6, 6.07) is 0.811. The van der Waals surface area contributed by atoms with E-state index in [1.165, 1.54) is 0 Å². The summed E-state index contributed by atoms with van der Waals surface area (Å²) in [7, 11) is 0. The summed E-state index contributed by atoms with van der Waals surface area (Å²) in [6.45, 7) is 0. The first kappa shape index (κ1) is 6.83. The average molecular weight is 170 g/mol. The van der Waals surface area contributed by atoms with Crippen LogP contribution >= 0.6 is 15.9 Å². The molecule has 0 aromatic heterocycles. The summed E-state index contributed by atoms with van der Waals surface area (Å²) in [6.07, 6.45) is 0. The van der Waals surface area contributed by atoms with Gasteiger partial charge in [-0.25, -0.2) is 0 Å². The van der Waals surface area contributed by atoms with Gasteiger partial charge in [0.25, 0.3) is 0 Å². The summed E-state index contributed by atoms with van der Waals surface area (Å²) < 4.78 is 22.9. The van der Waals surface area contributed by atoms with E-state index in [-0.39, 0.29) is 0 Å². The van der Waals surface area contributed by atoms with Crippen LogP contribution in [0.5, 0.6) is 0 Å². The zero-order chi connectivity index (χ0) is 5.91. The highest BCUT2D eigenvalue weighted by atomic mass is 79.9. The van der Waals surface area contributed by atoms with Crippen molar-refractivity contribution >= 4 is 15.9 Å². The molecule has 0 amide bonds. The summed E-state index contributed by atoms with van der Waals surface area (Å²) in [5, 5.41) is 6.98. The molecule has 0 rings (SSSR count). The highest BCUT2D eigenvalue weighted by molar-refractivity contribution is 9.09. The van der Waals surface area contributed by atoms with Crippen molar-refractivity contribution in [2.75, 3.05) is 5.33 Å². The van der Waals surface area contributed by atoms with Crippen LogP contribution in [0.2, 0.25) is 0 Å². The quantitative estimate of drug-likeness (QED) is 0.547. The van der Waals surface area contributed by atoms with Crippen molar-refractivity contribution in [1.29, 1.82) is 5.26 Å². The monoisotopic (exact) mass is 169 g/mol. The second-order valence-electron chi connectivity index (χ2n) is 0.950. The zero-order valence-electron chi connectivity index (χ0n) is 3.29. The second-order valence-corrected chi connectivity index (χ2v) is 1.51. The fourth-order valence-corrected chi connectivity index (χ4v) is 0.155. The first-order valence-corrected chi connectivity index (χ1v) is 2.59. The number of nitriles is 1. The lowest BCUT2D eigenvalue weighted by molar-refractivity contribution is 0.0933. The van der Waals surface area contributed by atoms with Crippen LogP contribution in [0, 0.1) is 11.3 Å². The van der Waals surface area contributed by atoms with Crippen LogP contribution in [0.25, 0.3) is 0 Å². The normalized spacial score (nSPS) is 10.6. The summed E-state index contributed by atoms with van der Waals surface area (Å²) in [4.78, 5) is 0. The minimum Gasteiger partial charge on any atom is -0.192 e. The molecule has 0 aromatic rings. The molecule has 0 aliphatic heterocycles. The number of nitrogens with zero attached hydrogens (tertiary/aromatic N) is 1. The molecule has 0 N–H and O–H groups in total. The molecule has 7 heavy (non-hydrogen) atoms. The maximum absolute atomic E-state index is 11.5. The molecule has 0 bridgehead atoms. The number of alkyl halides is 3. The van der Waals surface area contributed by atoms with Crippen molar-refractivity contribution in [2.45, 2.75) is 5.92 Å². The van der Waals surface area contributed by atoms with E-state index >= 15 is 0 Å². The summed E-state index contributed by atoms with van der Waals surface area (Å²) >= 11 is 2.46. The van der Waals surface area contributed by atoms with Crippen molar-refractivity contribution in [2.24, 2.45) is 0 Å². The number of hydrogen-bond donors (Lipinski definition) is 0. The molecule has 0 saturated carbocycles. The third-order valence-electron chi connectivity index (χ3n) is 0.331. The SMILES string of the molecule is N#CC(F)(F)CBr. The molecule has 0 unspecified atom stereocenters. The van der Waals surface area contributed by atoms with E-state index in [0.717, 1.165) is 6.07 Å². The number of hydrogen-bond acceptors (Lipinski definition) is 1. The number of rotatable bonds is 1. The van der Waals surface area contributed by atoms with Crippen LogP contribution in [0.3, 0.4) is 0 Å². The van der Waals surface area contributed by atoms with E-state index in [4.69, 9.17) is 5.26 Å². The maximum atomic E-state index is 11.5. The largest absolute Gasteiger partial charge is 0.341 e. The van der Waals surface area contributed by atoms with Gasteiger partial charge in [0.2, 0.25) is 0 Å². The van der Waals surface area contributed by atoms with Crippen LogP contribution in [-0.4, -0.2) is 11.3 Å². The minimum absolute atomic E-state index is 0.587. The van der Waals surface area contributed by atoms with Gasteiger partial charge in [0, 0.05) is 0 Å². The smallest absolute Gasteiger partial charge is 0.192 e. The Balaban J connectivity index is 3.66. The van der Waals surface area contributed by atoms with Crippen LogP contribution in [0.15, 0.2) is 0 Å². The Morgan fingerprint density at radius 1 is 1.71 bits per heavy atom. The van der Waals surface area contributed by atoms with Gasteiger partial charge in [-0.3, -0.25) is 0 Å². The first-order valence-electron chi connectivity index (χ1n) is 1.47. The minimum atomic E-state index is -3.19. The second kappa shape index (κ2) is 2.22. The molecule has 1 nitrogen and oxygen atoms in total. The van der Waals surface area contributed by atoms with Gasteiger partial charge in [0.1, 0.15) is 6.07 Å². The van der Waals surface area contributed by atoms with E-state index in [2.05, 4.69) is 15.9 Å². The first-order chi connectivity index (χ1) is 3.12. The fraction of sp³-hybridized carbons (Fsp3) is 0.667. The molecule has 0 aliphatic rings. The van der Waals surface area contributed by atoms with Crippen LogP contribution < -0.4 is 0 Å². The Hall–Kier alpha value is -0.170. The van der Waals surface area contributed by atoms with Gasteiger partial charge >= 0.3 is 5.92 Å². The zero-order valence-corrected chi connectivity index (χ0v) is 4.87. The van der Waals surface area contributed by atoms with Gasteiger partial charge in [-0.1, -0.05) is 15.9 Å². The van der Waals surface area contributed by atoms with Gasteiger partial charge in [-0.05, 0) is 0 Å². The number of halogens is 3. The van der Waals surface area contributed by atoms with E-state index < -0.39 is 11.3 Å². The van der Waals surface area contributed by atoms with Crippen LogP contribution in [0.4, 0.5) is 8.78 Å². The van der Waals surface area contributed by atoms with E-state index in [1.54, 1.807) is 0 Å². The lowest BCUT2D eigenvalue weighted by atomic mass is 10.5. The van der Waals surface area contributed by atoms with Crippen molar-refractivity contribution in [1.82, 2.24) is 0 Å². The predicted octanol–water partition coefficient (Wildman–Crippen LogP) is 1.54. The molecule has 0 heterocycles. The molecule has 0 atom stereocenters. The average Bonchev–Trinajstić information content (AvgIpc) is 1.68. The topological polar surface area (TPSA) is 23.8 Å². The third-order valence-corrected chi connectivity index (χ3v) is 1.04.